The maximum absolute atomic E-state index is 4.11. The second-order valence-corrected chi connectivity index (χ2v) is 1.95. The lowest BCUT2D eigenvalue weighted by Crippen LogP contribution is -1.91. The Bertz CT molecular complexity index is 189. The lowest BCUT2D eigenvalue weighted by atomic mass is 10.2. The van der Waals surface area contributed by atoms with E-state index in [2.05, 4.69) is 9.98 Å². The van der Waals surface area contributed by atoms with Crippen molar-refractivity contribution in [3.8, 4) is 0 Å². The van der Waals surface area contributed by atoms with Crippen LogP contribution in [0.5, 0.6) is 0 Å². The van der Waals surface area contributed by atoms with E-state index in [1.54, 1.807) is 0 Å². The molecule has 2 aliphatic heterocycles. The molecule has 0 saturated heterocycles. The average molecular weight is 106 g/mol. The van der Waals surface area contributed by atoms with E-state index in [1.807, 2.05) is 18.5 Å². The lowest BCUT2D eigenvalue weighted by molar-refractivity contribution is 0.871. The molecule has 0 radical (unpaired) electrons. The zero-order chi connectivity index (χ0) is 5.40. The highest BCUT2D eigenvalue weighted by Gasteiger charge is 2.16. The van der Waals surface area contributed by atoms with Gasteiger partial charge in [0.15, 0.2) is 6.17 Å². The first-order chi connectivity index (χ1) is 3.97. The molecule has 1 atom stereocenters. The van der Waals surface area contributed by atoms with Crippen LogP contribution in [0.3, 0.4) is 0 Å². The van der Waals surface area contributed by atoms with Crippen molar-refractivity contribution in [1.29, 1.82) is 0 Å². The Hall–Kier alpha value is -0.920. The summed E-state index contributed by atoms with van der Waals surface area (Å²) in [6.45, 7) is 0. The first kappa shape index (κ1) is 4.01. The van der Waals surface area contributed by atoms with E-state index >= 15 is 0 Å². The molecule has 2 nitrogen and oxygen atoms in total. The molecule has 2 aliphatic rings. The highest BCUT2D eigenvalue weighted by molar-refractivity contribution is 5.81. The third kappa shape index (κ3) is 0.372. The summed E-state index contributed by atoms with van der Waals surface area (Å²) in [6.07, 6.45) is 6.97. The van der Waals surface area contributed by atoms with Crippen LogP contribution in [0.15, 0.2) is 21.6 Å². The van der Waals surface area contributed by atoms with Crippen LogP contribution in [0.4, 0.5) is 0 Å². The van der Waals surface area contributed by atoms with Gasteiger partial charge < -0.3 is 0 Å². The van der Waals surface area contributed by atoms with E-state index in [9.17, 15) is 0 Å². The van der Waals surface area contributed by atoms with Crippen LogP contribution >= 0.6 is 0 Å². The summed E-state index contributed by atoms with van der Waals surface area (Å²) in [5.41, 5.74) is 1.34. The van der Waals surface area contributed by atoms with Crippen molar-refractivity contribution >= 4 is 12.4 Å². The number of nitrogens with zero attached hydrogens (tertiary/aromatic N) is 2. The summed E-state index contributed by atoms with van der Waals surface area (Å²) in [5.74, 6) is 0. The number of aliphatic imine (C=N–C) groups is 2. The molecule has 2 heterocycles. The number of hydrogen-bond donors (Lipinski definition) is 0. The predicted molar refractivity (Wildman–Crippen MR) is 33.5 cm³/mol. The lowest BCUT2D eigenvalue weighted by Gasteiger charge is -1.93. The Morgan fingerprint density at radius 3 is 3.38 bits per heavy atom. The van der Waals surface area contributed by atoms with Gasteiger partial charge in [0.25, 0.3) is 0 Å². The molecule has 1 unspecified atom stereocenters. The highest BCUT2D eigenvalue weighted by atomic mass is 15.0. The second-order valence-electron chi connectivity index (χ2n) is 1.95. The average Bonchev–Trinajstić information content (AvgIpc) is 2.15. The molecule has 2 heteroatoms. The number of fused-ring (bicyclic) bond motifs is 1. The van der Waals surface area contributed by atoms with Crippen LogP contribution in [0.2, 0.25) is 0 Å². The van der Waals surface area contributed by atoms with Crippen molar-refractivity contribution in [2.45, 2.75) is 12.6 Å². The molecule has 0 aromatic carbocycles. The molecule has 2 rings (SSSR count). The van der Waals surface area contributed by atoms with Gasteiger partial charge in [0.05, 0.1) is 0 Å². The molecule has 0 saturated carbocycles. The van der Waals surface area contributed by atoms with Crippen molar-refractivity contribution in [3.05, 3.63) is 11.6 Å². The minimum absolute atomic E-state index is 0.176. The maximum Gasteiger partial charge on any atom is 0.161 e. The molecule has 0 N–H and O–H groups in total. The topological polar surface area (TPSA) is 24.7 Å². The molecule has 40 valence electrons. The minimum atomic E-state index is 0.176. The molecular formula is C6H6N2. The molecule has 0 aliphatic carbocycles. The Morgan fingerprint density at radius 1 is 1.50 bits per heavy atom. The van der Waals surface area contributed by atoms with Crippen LogP contribution in [0, 0.1) is 0 Å². The molecule has 0 spiro atoms. The largest absolute Gasteiger partial charge is 0.266 e. The molecule has 8 heavy (non-hydrogen) atoms. The van der Waals surface area contributed by atoms with E-state index in [1.165, 1.54) is 5.57 Å². The molecular weight excluding hydrogens is 100 g/mol. The van der Waals surface area contributed by atoms with Crippen LogP contribution in [0.25, 0.3) is 0 Å². The first-order valence-corrected chi connectivity index (χ1v) is 2.71. The van der Waals surface area contributed by atoms with Crippen molar-refractivity contribution in [2.24, 2.45) is 9.98 Å². The summed E-state index contributed by atoms with van der Waals surface area (Å²) in [6, 6.07) is 0. The van der Waals surface area contributed by atoms with Crippen LogP contribution < -0.4 is 0 Å². The quantitative estimate of drug-likeness (QED) is 0.436. The zero-order valence-corrected chi connectivity index (χ0v) is 4.41. The summed E-state index contributed by atoms with van der Waals surface area (Å²) in [4.78, 5) is 8.19. The third-order valence-electron chi connectivity index (χ3n) is 1.42. The minimum Gasteiger partial charge on any atom is -0.266 e. The SMILES string of the molecule is C1=NC2N=CCC2=C1. The molecule has 0 amide bonds. The zero-order valence-electron chi connectivity index (χ0n) is 4.41. The van der Waals surface area contributed by atoms with Gasteiger partial charge in [0, 0.05) is 18.9 Å². The fraction of sp³-hybridized carbons (Fsp3) is 0.333. The van der Waals surface area contributed by atoms with Gasteiger partial charge in [-0.1, -0.05) is 0 Å². The van der Waals surface area contributed by atoms with Gasteiger partial charge in [-0.15, -0.1) is 0 Å². The normalized spacial score (nSPS) is 31.0. The molecule has 0 bridgehead atoms. The van der Waals surface area contributed by atoms with Gasteiger partial charge in [0.2, 0.25) is 0 Å². The van der Waals surface area contributed by atoms with Gasteiger partial charge in [-0.2, -0.15) is 0 Å². The maximum atomic E-state index is 4.11. The van der Waals surface area contributed by atoms with Crippen LogP contribution in [0.1, 0.15) is 6.42 Å². The van der Waals surface area contributed by atoms with Gasteiger partial charge >= 0.3 is 0 Å². The van der Waals surface area contributed by atoms with Gasteiger partial charge in [-0.05, 0) is 11.6 Å². The fourth-order valence-corrected chi connectivity index (χ4v) is 0.968. The predicted octanol–water partition coefficient (Wildman–Crippen LogP) is 0.798. The number of allylic oxidation sites excluding steroid dienone is 1. The van der Waals surface area contributed by atoms with E-state index in [-0.39, 0.29) is 6.17 Å². The van der Waals surface area contributed by atoms with Crippen LogP contribution in [-0.2, 0) is 0 Å². The van der Waals surface area contributed by atoms with E-state index < -0.39 is 0 Å². The molecule has 0 aromatic rings. The van der Waals surface area contributed by atoms with Crippen molar-refractivity contribution in [2.75, 3.05) is 0 Å². The van der Waals surface area contributed by atoms with Gasteiger partial charge in [-0.25, -0.2) is 0 Å². The van der Waals surface area contributed by atoms with Gasteiger partial charge in [0.1, 0.15) is 0 Å². The fourth-order valence-electron chi connectivity index (χ4n) is 0.968. The van der Waals surface area contributed by atoms with E-state index in [0.717, 1.165) is 6.42 Å². The van der Waals surface area contributed by atoms with Crippen LogP contribution in [-0.4, -0.2) is 18.6 Å². The summed E-state index contributed by atoms with van der Waals surface area (Å²) < 4.78 is 0. The summed E-state index contributed by atoms with van der Waals surface area (Å²) in [7, 11) is 0. The van der Waals surface area contributed by atoms with Crippen molar-refractivity contribution in [3.63, 3.8) is 0 Å². The number of rotatable bonds is 0. The van der Waals surface area contributed by atoms with E-state index in [4.69, 9.17) is 0 Å². The first-order valence-electron chi connectivity index (χ1n) is 2.71. The third-order valence-corrected chi connectivity index (χ3v) is 1.42. The molecule has 0 aromatic heterocycles. The Balaban J connectivity index is 2.39. The second kappa shape index (κ2) is 1.28. The number of hydrogen-bond acceptors (Lipinski definition) is 2. The monoisotopic (exact) mass is 106 g/mol. The highest BCUT2D eigenvalue weighted by Crippen LogP contribution is 2.19. The Morgan fingerprint density at radius 2 is 2.50 bits per heavy atom. The van der Waals surface area contributed by atoms with E-state index in [0.29, 0.717) is 0 Å². The smallest absolute Gasteiger partial charge is 0.161 e. The standard InChI is InChI=1S/C6H6N2/c1-3-7-6-5(1)2-4-8-6/h1,3-4,6H,2H2. The molecule has 0 fully saturated rings. The van der Waals surface area contributed by atoms with Crippen molar-refractivity contribution < 1.29 is 0 Å². The van der Waals surface area contributed by atoms with Crippen molar-refractivity contribution in [1.82, 2.24) is 0 Å². The summed E-state index contributed by atoms with van der Waals surface area (Å²) in [5, 5.41) is 0. The van der Waals surface area contributed by atoms with Gasteiger partial charge in [-0.3, -0.25) is 9.98 Å². The Labute approximate surface area is 47.7 Å². The summed E-state index contributed by atoms with van der Waals surface area (Å²) >= 11 is 0. The Kier molecular flexibility index (Phi) is 0.640.